The van der Waals surface area contributed by atoms with E-state index in [4.69, 9.17) is 13.9 Å². The molecule has 130 valence electrons. The Balaban J connectivity index is 1.87. The Labute approximate surface area is 152 Å². The van der Waals surface area contributed by atoms with Crippen molar-refractivity contribution < 1.29 is 13.9 Å². The van der Waals surface area contributed by atoms with Crippen molar-refractivity contribution in [1.29, 1.82) is 0 Å². The lowest BCUT2D eigenvalue weighted by molar-refractivity contribution is 0.414. The number of ether oxygens (including phenoxy) is 2. The summed E-state index contributed by atoms with van der Waals surface area (Å²) in [4.78, 5) is 0. The summed E-state index contributed by atoms with van der Waals surface area (Å²) >= 11 is 0. The molecule has 0 N–H and O–H groups in total. The molecule has 0 saturated heterocycles. The van der Waals surface area contributed by atoms with Crippen LogP contribution in [0.5, 0.6) is 11.5 Å². The fourth-order valence-electron chi connectivity index (χ4n) is 3.23. The summed E-state index contributed by atoms with van der Waals surface area (Å²) < 4.78 is 16.9. The molecule has 0 aliphatic heterocycles. The normalized spacial score (nSPS) is 10.8. The first-order valence-corrected chi connectivity index (χ1v) is 8.56. The number of benzene rings is 3. The van der Waals surface area contributed by atoms with Crippen molar-refractivity contribution in [2.24, 2.45) is 0 Å². The van der Waals surface area contributed by atoms with E-state index >= 15 is 0 Å². The van der Waals surface area contributed by atoms with E-state index < -0.39 is 0 Å². The molecule has 0 aliphatic rings. The zero-order valence-corrected chi connectivity index (χ0v) is 14.9. The maximum Gasteiger partial charge on any atom is 0.138 e. The van der Waals surface area contributed by atoms with E-state index in [0.717, 1.165) is 45.8 Å². The molecule has 4 rings (SSSR count). The molecule has 0 amide bonds. The molecule has 3 nitrogen and oxygen atoms in total. The van der Waals surface area contributed by atoms with E-state index in [0.29, 0.717) is 0 Å². The minimum atomic E-state index is 0.735. The Kier molecular flexibility index (Phi) is 4.36. The Morgan fingerprint density at radius 3 is 2.15 bits per heavy atom. The Morgan fingerprint density at radius 2 is 1.46 bits per heavy atom. The zero-order chi connectivity index (χ0) is 17.9. The van der Waals surface area contributed by atoms with E-state index in [2.05, 4.69) is 30.3 Å². The monoisotopic (exact) mass is 344 g/mol. The van der Waals surface area contributed by atoms with Gasteiger partial charge in [-0.15, -0.1) is 0 Å². The van der Waals surface area contributed by atoms with Gasteiger partial charge in [0.2, 0.25) is 0 Å². The first kappa shape index (κ1) is 16.3. The number of fused-ring (bicyclic) bond motifs is 1. The van der Waals surface area contributed by atoms with E-state index in [1.807, 2.05) is 42.5 Å². The summed E-state index contributed by atoms with van der Waals surface area (Å²) in [6.45, 7) is 0. The van der Waals surface area contributed by atoms with Crippen LogP contribution >= 0.6 is 0 Å². The quantitative estimate of drug-likeness (QED) is 0.465. The summed E-state index contributed by atoms with van der Waals surface area (Å²) in [6.07, 6.45) is 0.735. The van der Waals surface area contributed by atoms with Gasteiger partial charge in [0.25, 0.3) is 0 Å². The van der Waals surface area contributed by atoms with Gasteiger partial charge in [0.15, 0.2) is 0 Å². The van der Waals surface area contributed by atoms with Gasteiger partial charge < -0.3 is 13.9 Å². The Morgan fingerprint density at radius 1 is 0.769 bits per heavy atom. The molecule has 0 fully saturated rings. The first-order chi connectivity index (χ1) is 12.8. The van der Waals surface area contributed by atoms with Crippen molar-refractivity contribution in [3.63, 3.8) is 0 Å². The minimum absolute atomic E-state index is 0.735. The second-order valence-electron chi connectivity index (χ2n) is 6.15. The van der Waals surface area contributed by atoms with Crippen LogP contribution in [0, 0.1) is 0 Å². The highest BCUT2D eigenvalue weighted by molar-refractivity contribution is 5.96. The smallest absolute Gasteiger partial charge is 0.138 e. The number of rotatable bonds is 5. The van der Waals surface area contributed by atoms with E-state index in [-0.39, 0.29) is 0 Å². The largest absolute Gasteiger partial charge is 0.497 e. The highest BCUT2D eigenvalue weighted by atomic mass is 16.5. The molecular formula is C23H20O3. The van der Waals surface area contributed by atoms with Crippen LogP contribution < -0.4 is 9.47 Å². The average molecular weight is 344 g/mol. The van der Waals surface area contributed by atoms with Crippen molar-refractivity contribution in [2.45, 2.75) is 6.42 Å². The van der Waals surface area contributed by atoms with Crippen LogP contribution in [0.15, 0.2) is 77.2 Å². The second-order valence-corrected chi connectivity index (χ2v) is 6.15. The lowest BCUT2D eigenvalue weighted by Gasteiger charge is -2.06. The predicted octanol–water partition coefficient (Wildman–Crippen LogP) is 5.71. The summed E-state index contributed by atoms with van der Waals surface area (Å²) in [5.41, 5.74) is 4.28. The van der Waals surface area contributed by atoms with E-state index in [9.17, 15) is 0 Å². The summed E-state index contributed by atoms with van der Waals surface area (Å²) in [5.74, 6) is 2.58. The number of hydrogen-bond acceptors (Lipinski definition) is 3. The third-order valence-electron chi connectivity index (χ3n) is 4.56. The van der Waals surface area contributed by atoms with E-state index in [1.165, 1.54) is 5.56 Å². The van der Waals surface area contributed by atoms with Gasteiger partial charge in [-0.3, -0.25) is 0 Å². The molecule has 26 heavy (non-hydrogen) atoms. The molecule has 1 heterocycles. The molecule has 0 bridgehead atoms. The standard InChI is InChI=1S/C23H20O3/c1-24-18-10-8-17(9-11-18)23-20-13-12-19(25-2)15-21(20)26-22(23)14-16-6-4-3-5-7-16/h3-13,15H,14H2,1-2H3. The zero-order valence-electron chi connectivity index (χ0n) is 14.9. The summed E-state index contributed by atoms with van der Waals surface area (Å²) in [5, 5.41) is 1.09. The van der Waals surface area contributed by atoms with Gasteiger partial charge in [0.05, 0.1) is 14.2 Å². The molecule has 3 heteroatoms. The van der Waals surface area contributed by atoms with Crippen molar-refractivity contribution in [1.82, 2.24) is 0 Å². The molecule has 0 unspecified atom stereocenters. The first-order valence-electron chi connectivity index (χ1n) is 8.56. The van der Waals surface area contributed by atoms with Crippen molar-refractivity contribution in [3.8, 4) is 22.6 Å². The van der Waals surface area contributed by atoms with Gasteiger partial charge in [-0.1, -0.05) is 42.5 Å². The third-order valence-corrected chi connectivity index (χ3v) is 4.56. The SMILES string of the molecule is COc1ccc(-c2c(Cc3ccccc3)oc3cc(OC)ccc23)cc1. The Bertz CT molecular complexity index is 1010. The molecule has 0 atom stereocenters. The van der Waals surface area contributed by atoms with Gasteiger partial charge >= 0.3 is 0 Å². The molecule has 0 aliphatic carbocycles. The minimum Gasteiger partial charge on any atom is -0.497 e. The van der Waals surface area contributed by atoms with Gasteiger partial charge in [-0.2, -0.15) is 0 Å². The van der Waals surface area contributed by atoms with Crippen LogP contribution in [-0.4, -0.2) is 14.2 Å². The van der Waals surface area contributed by atoms with Crippen LogP contribution in [0.4, 0.5) is 0 Å². The van der Waals surface area contributed by atoms with Crippen molar-refractivity contribution in [2.75, 3.05) is 14.2 Å². The lowest BCUT2D eigenvalue weighted by atomic mass is 9.98. The second kappa shape index (κ2) is 6.96. The maximum atomic E-state index is 6.25. The topological polar surface area (TPSA) is 31.6 Å². The Hall–Kier alpha value is -3.20. The fraction of sp³-hybridized carbons (Fsp3) is 0.130. The van der Waals surface area contributed by atoms with Gasteiger partial charge in [0.1, 0.15) is 22.8 Å². The van der Waals surface area contributed by atoms with Gasteiger partial charge in [-0.05, 0) is 35.4 Å². The lowest BCUT2D eigenvalue weighted by Crippen LogP contribution is -1.89. The predicted molar refractivity (Wildman–Crippen MR) is 104 cm³/mol. The van der Waals surface area contributed by atoms with Crippen LogP contribution in [0.1, 0.15) is 11.3 Å². The van der Waals surface area contributed by atoms with Crippen LogP contribution in [0.25, 0.3) is 22.1 Å². The van der Waals surface area contributed by atoms with Crippen molar-refractivity contribution in [3.05, 3.63) is 84.1 Å². The molecular weight excluding hydrogens is 324 g/mol. The maximum absolute atomic E-state index is 6.25. The number of furan rings is 1. The molecule has 3 aromatic carbocycles. The average Bonchev–Trinajstić information content (AvgIpc) is 3.05. The molecule has 4 aromatic rings. The van der Waals surface area contributed by atoms with Crippen LogP contribution in [0.2, 0.25) is 0 Å². The van der Waals surface area contributed by atoms with E-state index in [1.54, 1.807) is 14.2 Å². The third kappa shape index (κ3) is 3.04. The van der Waals surface area contributed by atoms with Gasteiger partial charge in [-0.25, -0.2) is 0 Å². The highest BCUT2D eigenvalue weighted by Crippen LogP contribution is 2.38. The number of methoxy groups -OCH3 is 2. The molecule has 1 aromatic heterocycles. The van der Waals surface area contributed by atoms with Gasteiger partial charge in [0, 0.05) is 23.4 Å². The van der Waals surface area contributed by atoms with Crippen LogP contribution in [-0.2, 0) is 6.42 Å². The highest BCUT2D eigenvalue weighted by Gasteiger charge is 2.17. The molecule has 0 saturated carbocycles. The summed E-state index contributed by atoms with van der Waals surface area (Å²) in [6, 6.07) is 24.4. The van der Waals surface area contributed by atoms with Crippen LogP contribution in [0.3, 0.4) is 0 Å². The fourth-order valence-corrected chi connectivity index (χ4v) is 3.23. The number of hydrogen-bond donors (Lipinski definition) is 0. The molecule has 0 spiro atoms. The van der Waals surface area contributed by atoms with Crippen molar-refractivity contribution >= 4 is 11.0 Å². The molecule has 0 radical (unpaired) electrons. The summed E-state index contributed by atoms with van der Waals surface area (Å²) in [7, 11) is 3.34.